The van der Waals surface area contributed by atoms with E-state index in [1.165, 1.54) is 24.2 Å². The number of hydrogen-bond donors (Lipinski definition) is 2. The first-order chi connectivity index (χ1) is 8.69. The molecule has 1 saturated heterocycles. The SMILES string of the molecule is CNCC1CCCN(Cc2ccc(C(=O)O)s2)C1. The van der Waals surface area contributed by atoms with Crippen LogP contribution in [0.25, 0.3) is 0 Å². The van der Waals surface area contributed by atoms with Crippen LogP contribution in [0, 0.1) is 5.92 Å². The third-order valence-electron chi connectivity index (χ3n) is 3.35. The van der Waals surface area contributed by atoms with Gasteiger partial charge < -0.3 is 10.4 Å². The van der Waals surface area contributed by atoms with Gasteiger partial charge in [0, 0.05) is 18.0 Å². The quantitative estimate of drug-likeness (QED) is 0.856. The van der Waals surface area contributed by atoms with Crippen LogP contribution in [0.3, 0.4) is 0 Å². The molecule has 2 N–H and O–H groups in total. The van der Waals surface area contributed by atoms with E-state index in [-0.39, 0.29) is 0 Å². The standard InChI is InChI=1S/C13H20N2O2S/c1-14-7-10-3-2-6-15(8-10)9-11-4-5-12(18-11)13(16)17/h4-5,10,14H,2-3,6-9H2,1H3,(H,16,17). The van der Waals surface area contributed by atoms with E-state index in [1.54, 1.807) is 6.07 Å². The summed E-state index contributed by atoms with van der Waals surface area (Å²) in [6, 6.07) is 3.65. The van der Waals surface area contributed by atoms with Crippen molar-refractivity contribution < 1.29 is 9.90 Å². The van der Waals surface area contributed by atoms with Gasteiger partial charge in [0.25, 0.3) is 0 Å². The third-order valence-corrected chi connectivity index (χ3v) is 4.41. The zero-order valence-corrected chi connectivity index (χ0v) is 11.5. The summed E-state index contributed by atoms with van der Waals surface area (Å²) in [5.41, 5.74) is 0. The van der Waals surface area contributed by atoms with Crippen LogP contribution in [0.2, 0.25) is 0 Å². The van der Waals surface area contributed by atoms with Gasteiger partial charge in [-0.2, -0.15) is 0 Å². The number of nitrogens with zero attached hydrogens (tertiary/aromatic N) is 1. The largest absolute Gasteiger partial charge is 0.477 e. The van der Waals surface area contributed by atoms with E-state index in [4.69, 9.17) is 5.11 Å². The summed E-state index contributed by atoms with van der Waals surface area (Å²) in [5, 5.41) is 12.1. The number of aromatic carboxylic acids is 1. The maximum Gasteiger partial charge on any atom is 0.345 e. The second kappa shape index (κ2) is 6.31. The van der Waals surface area contributed by atoms with Gasteiger partial charge in [0.1, 0.15) is 4.88 Å². The van der Waals surface area contributed by atoms with Crippen molar-refractivity contribution in [2.75, 3.05) is 26.7 Å². The maximum atomic E-state index is 10.8. The molecule has 0 spiro atoms. The molecule has 0 bridgehead atoms. The minimum Gasteiger partial charge on any atom is -0.477 e. The number of carboxylic acid groups (broad SMARTS) is 1. The Morgan fingerprint density at radius 1 is 1.61 bits per heavy atom. The Balaban J connectivity index is 1.89. The van der Waals surface area contributed by atoms with Crippen molar-refractivity contribution in [3.63, 3.8) is 0 Å². The maximum absolute atomic E-state index is 10.8. The zero-order valence-electron chi connectivity index (χ0n) is 10.7. The third kappa shape index (κ3) is 3.54. The predicted molar refractivity (Wildman–Crippen MR) is 73.2 cm³/mol. The average Bonchev–Trinajstić information content (AvgIpc) is 2.78. The van der Waals surface area contributed by atoms with Gasteiger partial charge in [-0.1, -0.05) is 0 Å². The molecule has 1 aliphatic heterocycles. The molecule has 0 aliphatic carbocycles. The van der Waals surface area contributed by atoms with Gasteiger partial charge in [-0.3, -0.25) is 4.90 Å². The molecule has 0 saturated carbocycles. The number of carbonyl (C=O) groups is 1. The lowest BCUT2D eigenvalue weighted by Crippen LogP contribution is -2.38. The molecule has 2 heterocycles. The molecule has 0 amide bonds. The monoisotopic (exact) mass is 268 g/mol. The van der Waals surface area contributed by atoms with Gasteiger partial charge in [0.05, 0.1) is 0 Å². The van der Waals surface area contributed by atoms with Gasteiger partial charge in [-0.15, -0.1) is 11.3 Å². The zero-order chi connectivity index (χ0) is 13.0. The highest BCUT2D eigenvalue weighted by atomic mass is 32.1. The Hall–Kier alpha value is -0.910. The first kappa shape index (κ1) is 13.5. The van der Waals surface area contributed by atoms with E-state index in [0.29, 0.717) is 4.88 Å². The highest BCUT2D eigenvalue weighted by Gasteiger charge is 2.20. The van der Waals surface area contributed by atoms with Crippen molar-refractivity contribution in [2.24, 2.45) is 5.92 Å². The Labute approximate surface area is 112 Å². The topological polar surface area (TPSA) is 52.6 Å². The molecule has 1 aromatic rings. The molecule has 2 rings (SSSR count). The number of nitrogens with one attached hydrogen (secondary N) is 1. The first-order valence-electron chi connectivity index (χ1n) is 6.38. The number of piperidine rings is 1. The average molecular weight is 268 g/mol. The van der Waals surface area contributed by atoms with Gasteiger partial charge in [-0.05, 0) is 51.0 Å². The molecule has 18 heavy (non-hydrogen) atoms. The molecule has 0 aromatic carbocycles. The van der Waals surface area contributed by atoms with Crippen LogP contribution in [0.4, 0.5) is 0 Å². The molecule has 4 nitrogen and oxygen atoms in total. The van der Waals surface area contributed by atoms with Crippen LogP contribution in [0.5, 0.6) is 0 Å². The van der Waals surface area contributed by atoms with Gasteiger partial charge >= 0.3 is 5.97 Å². The lowest BCUT2D eigenvalue weighted by Gasteiger charge is -2.32. The van der Waals surface area contributed by atoms with Crippen molar-refractivity contribution in [3.05, 3.63) is 21.9 Å². The molecular weight excluding hydrogens is 248 g/mol. The van der Waals surface area contributed by atoms with E-state index in [2.05, 4.69) is 10.2 Å². The summed E-state index contributed by atoms with van der Waals surface area (Å²) in [6.07, 6.45) is 2.53. The van der Waals surface area contributed by atoms with Crippen LogP contribution >= 0.6 is 11.3 Å². The molecular formula is C13H20N2O2S. The first-order valence-corrected chi connectivity index (χ1v) is 7.19. The second-order valence-electron chi connectivity index (χ2n) is 4.87. The predicted octanol–water partition coefficient (Wildman–Crippen LogP) is 1.88. The number of thiophene rings is 1. The van der Waals surface area contributed by atoms with E-state index in [1.807, 2.05) is 13.1 Å². The van der Waals surface area contributed by atoms with Crippen molar-refractivity contribution in [3.8, 4) is 0 Å². The van der Waals surface area contributed by atoms with Gasteiger partial charge in [0.2, 0.25) is 0 Å². The van der Waals surface area contributed by atoms with Crippen LogP contribution in [0.1, 0.15) is 27.4 Å². The highest BCUT2D eigenvalue weighted by Crippen LogP contribution is 2.22. The molecule has 5 heteroatoms. The Morgan fingerprint density at radius 3 is 3.11 bits per heavy atom. The lowest BCUT2D eigenvalue weighted by molar-refractivity contribution is 0.0702. The summed E-state index contributed by atoms with van der Waals surface area (Å²) >= 11 is 1.39. The van der Waals surface area contributed by atoms with Gasteiger partial charge in [0.15, 0.2) is 0 Å². The number of rotatable bonds is 5. The van der Waals surface area contributed by atoms with Crippen molar-refractivity contribution in [1.29, 1.82) is 0 Å². The molecule has 1 aromatic heterocycles. The van der Waals surface area contributed by atoms with E-state index in [9.17, 15) is 4.79 Å². The smallest absolute Gasteiger partial charge is 0.345 e. The van der Waals surface area contributed by atoms with Crippen LogP contribution < -0.4 is 5.32 Å². The summed E-state index contributed by atoms with van der Waals surface area (Å²) < 4.78 is 0. The van der Waals surface area contributed by atoms with E-state index < -0.39 is 5.97 Å². The Morgan fingerprint density at radius 2 is 2.44 bits per heavy atom. The van der Waals surface area contributed by atoms with Crippen molar-refractivity contribution in [1.82, 2.24) is 10.2 Å². The summed E-state index contributed by atoms with van der Waals surface area (Å²) in [6.45, 7) is 4.20. The summed E-state index contributed by atoms with van der Waals surface area (Å²) in [7, 11) is 2.00. The minimum absolute atomic E-state index is 0.439. The van der Waals surface area contributed by atoms with Crippen molar-refractivity contribution >= 4 is 17.3 Å². The highest BCUT2D eigenvalue weighted by molar-refractivity contribution is 7.13. The van der Waals surface area contributed by atoms with Crippen LogP contribution in [-0.4, -0.2) is 42.7 Å². The van der Waals surface area contributed by atoms with E-state index in [0.717, 1.165) is 37.0 Å². The molecule has 0 radical (unpaired) electrons. The number of likely N-dealkylation sites (tertiary alicyclic amines) is 1. The summed E-state index contributed by atoms with van der Waals surface area (Å²) in [4.78, 5) is 14.9. The van der Waals surface area contributed by atoms with Crippen molar-refractivity contribution in [2.45, 2.75) is 19.4 Å². The molecule has 1 unspecified atom stereocenters. The van der Waals surface area contributed by atoms with E-state index >= 15 is 0 Å². The van der Waals surface area contributed by atoms with Crippen LogP contribution in [-0.2, 0) is 6.54 Å². The fourth-order valence-electron chi connectivity index (χ4n) is 2.55. The van der Waals surface area contributed by atoms with Gasteiger partial charge in [-0.25, -0.2) is 4.79 Å². The normalized spacial score (nSPS) is 21.1. The second-order valence-corrected chi connectivity index (χ2v) is 6.04. The lowest BCUT2D eigenvalue weighted by atomic mass is 9.98. The fraction of sp³-hybridized carbons (Fsp3) is 0.615. The Bertz CT molecular complexity index is 403. The number of hydrogen-bond acceptors (Lipinski definition) is 4. The Kier molecular flexibility index (Phi) is 4.74. The molecule has 1 atom stereocenters. The number of carboxylic acids is 1. The fourth-order valence-corrected chi connectivity index (χ4v) is 3.44. The van der Waals surface area contributed by atoms with Crippen LogP contribution in [0.15, 0.2) is 12.1 Å². The minimum atomic E-state index is -0.821. The summed E-state index contributed by atoms with van der Waals surface area (Å²) in [5.74, 6) is -0.0967. The molecule has 1 aliphatic rings. The molecule has 1 fully saturated rings. The molecule has 100 valence electrons.